The molecule has 0 aliphatic carbocycles. The average molecular weight is 262 g/mol. The summed E-state index contributed by atoms with van der Waals surface area (Å²) in [4.78, 5) is 0. The van der Waals surface area contributed by atoms with Crippen molar-refractivity contribution >= 4 is 10.9 Å². The van der Waals surface area contributed by atoms with Gasteiger partial charge in [0.2, 0.25) is 0 Å². The zero-order valence-corrected chi connectivity index (χ0v) is 10.9. The van der Waals surface area contributed by atoms with Crippen molar-refractivity contribution in [3.05, 3.63) is 36.3 Å². The van der Waals surface area contributed by atoms with Gasteiger partial charge in [-0.2, -0.15) is 0 Å². The summed E-state index contributed by atoms with van der Waals surface area (Å²) < 4.78 is 20.7. The molecule has 102 valence electrons. The number of aromatic nitrogens is 1. The maximum Gasteiger partial charge on any atom is 0.125 e. The molecule has 3 rings (SSSR count). The number of rotatable bonds is 5. The Bertz CT molecular complexity index is 546. The van der Waals surface area contributed by atoms with Gasteiger partial charge in [0.15, 0.2) is 0 Å². The monoisotopic (exact) mass is 262 g/mol. The highest BCUT2D eigenvalue weighted by molar-refractivity contribution is 5.80. The summed E-state index contributed by atoms with van der Waals surface area (Å²) in [6, 6.07) is 6.95. The third kappa shape index (κ3) is 2.96. The highest BCUT2D eigenvalue weighted by atomic mass is 19.1. The van der Waals surface area contributed by atoms with Crippen LogP contribution >= 0.6 is 0 Å². The van der Waals surface area contributed by atoms with Gasteiger partial charge in [0.25, 0.3) is 0 Å². The first-order valence-corrected chi connectivity index (χ1v) is 6.86. The summed E-state index contributed by atoms with van der Waals surface area (Å²) in [5.74, 6) is 0.474. The van der Waals surface area contributed by atoms with Gasteiger partial charge < -0.3 is 14.6 Å². The van der Waals surface area contributed by atoms with Gasteiger partial charge in [-0.05, 0) is 42.0 Å². The molecule has 0 spiro atoms. The lowest BCUT2D eigenvalue weighted by molar-refractivity contribution is 0.185. The smallest absolute Gasteiger partial charge is 0.125 e. The fraction of sp³-hybridized carbons (Fsp3) is 0.467. The second-order valence-electron chi connectivity index (χ2n) is 5.15. The van der Waals surface area contributed by atoms with E-state index in [0.29, 0.717) is 5.92 Å². The van der Waals surface area contributed by atoms with Crippen molar-refractivity contribution in [3.63, 3.8) is 0 Å². The Labute approximate surface area is 112 Å². The normalized spacial score (nSPS) is 19.3. The van der Waals surface area contributed by atoms with E-state index in [0.717, 1.165) is 50.2 Å². The van der Waals surface area contributed by atoms with E-state index in [1.807, 2.05) is 18.3 Å². The molecule has 4 heteroatoms. The molecule has 2 aromatic rings. The van der Waals surface area contributed by atoms with Crippen molar-refractivity contribution in [1.29, 1.82) is 0 Å². The zero-order chi connectivity index (χ0) is 13.1. The molecular weight excluding hydrogens is 243 g/mol. The number of nitrogens with zero attached hydrogens (tertiary/aromatic N) is 1. The number of hydrogen-bond donors (Lipinski definition) is 1. The molecular formula is C15H19FN2O. The minimum absolute atomic E-state index is 0.177. The van der Waals surface area contributed by atoms with Crippen molar-refractivity contribution in [2.75, 3.05) is 26.3 Å². The van der Waals surface area contributed by atoms with Crippen molar-refractivity contribution in [3.8, 4) is 0 Å². The molecule has 0 amide bonds. The van der Waals surface area contributed by atoms with Crippen LogP contribution in [0.1, 0.15) is 6.42 Å². The number of fused-ring (bicyclic) bond motifs is 1. The first-order valence-electron chi connectivity index (χ1n) is 6.86. The molecule has 1 unspecified atom stereocenters. The molecule has 1 saturated heterocycles. The van der Waals surface area contributed by atoms with Gasteiger partial charge in [-0.3, -0.25) is 0 Å². The molecule has 0 saturated carbocycles. The number of hydrogen-bond acceptors (Lipinski definition) is 2. The van der Waals surface area contributed by atoms with Gasteiger partial charge in [-0.1, -0.05) is 0 Å². The van der Waals surface area contributed by atoms with E-state index in [2.05, 4.69) is 9.88 Å². The van der Waals surface area contributed by atoms with E-state index in [4.69, 9.17) is 4.74 Å². The van der Waals surface area contributed by atoms with E-state index in [1.165, 1.54) is 6.07 Å². The van der Waals surface area contributed by atoms with Crippen LogP contribution in [0.2, 0.25) is 0 Å². The summed E-state index contributed by atoms with van der Waals surface area (Å²) in [5, 5.41) is 4.54. The molecule has 1 aliphatic rings. The molecule has 1 N–H and O–H groups in total. The summed E-state index contributed by atoms with van der Waals surface area (Å²) in [7, 11) is 0. The van der Waals surface area contributed by atoms with Crippen LogP contribution in [0.15, 0.2) is 30.5 Å². The Balaban J connectivity index is 1.54. The topological polar surface area (TPSA) is 26.2 Å². The number of nitrogens with one attached hydrogen (secondary N) is 1. The van der Waals surface area contributed by atoms with E-state index in [9.17, 15) is 4.39 Å². The van der Waals surface area contributed by atoms with Crippen molar-refractivity contribution < 1.29 is 9.13 Å². The second-order valence-corrected chi connectivity index (χ2v) is 5.15. The maximum atomic E-state index is 13.2. The van der Waals surface area contributed by atoms with Crippen molar-refractivity contribution in [1.82, 2.24) is 9.88 Å². The molecule has 0 bridgehead atoms. The molecule has 1 fully saturated rings. The third-order valence-corrected chi connectivity index (χ3v) is 3.72. The Morgan fingerprint density at radius 3 is 3.16 bits per heavy atom. The number of ether oxygens (including phenoxy) is 1. The predicted octanol–water partition coefficient (Wildman–Crippen LogP) is 2.41. The zero-order valence-electron chi connectivity index (χ0n) is 10.9. The van der Waals surface area contributed by atoms with E-state index < -0.39 is 0 Å². The van der Waals surface area contributed by atoms with Crippen LogP contribution in [-0.2, 0) is 11.3 Å². The fourth-order valence-electron chi connectivity index (χ4n) is 2.60. The van der Waals surface area contributed by atoms with Gasteiger partial charge in [-0.15, -0.1) is 0 Å². The third-order valence-electron chi connectivity index (χ3n) is 3.72. The first-order chi connectivity index (χ1) is 9.33. The Hall–Kier alpha value is -1.39. The Kier molecular flexibility index (Phi) is 3.80. The summed E-state index contributed by atoms with van der Waals surface area (Å²) in [6.45, 7) is 4.55. The second kappa shape index (κ2) is 5.72. The van der Waals surface area contributed by atoms with Gasteiger partial charge in [0, 0.05) is 32.4 Å². The lowest BCUT2D eigenvalue weighted by atomic mass is 10.1. The summed E-state index contributed by atoms with van der Waals surface area (Å²) >= 11 is 0. The van der Waals surface area contributed by atoms with Crippen molar-refractivity contribution in [2.45, 2.75) is 13.0 Å². The average Bonchev–Trinajstić information content (AvgIpc) is 3.04. The van der Waals surface area contributed by atoms with Crippen LogP contribution < -0.4 is 5.32 Å². The van der Waals surface area contributed by atoms with E-state index in [1.54, 1.807) is 6.07 Å². The Morgan fingerprint density at radius 1 is 1.37 bits per heavy atom. The van der Waals surface area contributed by atoms with Crippen LogP contribution in [0.25, 0.3) is 10.9 Å². The molecule has 2 heterocycles. The van der Waals surface area contributed by atoms with Crippen LogP contribution in [-0.4, -0.2) is 30.9 Å². The van der Waals surface area contributed by atoms with Crippen LogP contribution in [0.4, 0.5) is 4.39 Å². The molecule has 1 atom stereocenters. The summed E-state index contributed by atoms with van der Waals surface area (Å²) in [6.07, 6.45) is 3.18. The lowest BCUT2D eigenvalue weighted by Crippen LogP contribution is -2.26. The van der Waals surface area contributed by atoms with Gasteiger partial charge in [0.05, 0.1) is 12.1 Å². The number of benzene rings is 1. The summed E-state index contributed by atoms with van der Waals surface area (Å²) in [5.41, 5.74) is 0.964. The van der Waals surface area contributed by atoms with Crippen LogP contribution in [0, 0.1) is 11.7 Å². The quantitative estimate of drug-likeness (QED) is 0.837. The van der Waals surface area contributed by atoms with Gasteiger partial charge in [0.1, 0.15) is 5.82 Å². The standard InChI is InChI=1S/C15H19FN2O/c16-14-2-1-13-3-6-18(15(13)9-14)7-5-17-10-12-4-8-19-11-12/h1-3,6,9,12,17H,4-5,7-8,10-11H2. The molecule has 3 nitrogen and oxygen atoms in total. The SMILES string of the molecule is Fc1ccc2ccn(CCNCC3CCOC3)c2c1. The number of halogens is 1. The van der Waals surface area contributed by atoms with Crippen molar-refractivity contribution in [2.24, 2.45) is 5.92 Å². The predicted molar refractivity (Wildman–Crippen MR) is 73.7 cm³/mol. The molecule has 1 aliphatic heterocycles. The first kappa shape index (κ1) is 12.6. The lowest BCUT2D eigenvalue weighted by Gasteiger charge is -2.10. The van der Waals surface area contributed by atoms with E-state index in [-0.39, 0.29) is 5.82 Å². The molecule has 1 aromatic carbocycles. The van der Waals surface area contributed by atoms with Crippen LogP contribution in [0.3, 0.4) is 0 Å². The van der Waals surface area contributed by atoms with E-state index >= 15 is 0 Å². The Morgan fingerprint density at radius 2 is 2.32 bits per heavy atom. The van der Waals surface area contributed by atoms with Gasteiger partial charge in [-0.25, -0.2) is 4.39 Å². The maximum absolute atomic E-state index is 13.2. The molecule has 1 aromatic heterocycles. The largest absolute Gasteiger partial charge is 0.381 e. The fourth-order valence-corrected chi connectivity index (χ4v) is 2.60. The minimum atomic E-state index is -0.177. The highest BCUT2D eigenvalue weighted by Gasteiger charge is 2.14. The highest BCUT2D eigenvalue weighted by Crippen LogP contribution is 2.16. The molecule has 19 heavy (non-hydrogen) atoms. The van der Waals surface area contributed by atoms with Crippen LogP contribution in [0.5, 0.6) is 0 Å². The minimum Gasteiger partial charge on any atom is -0.381 e. The molecule has 0 radical (unpaired) electrons. The van der Waals surface area contributed by atoms with Gasteiger partial charge >= 0.3 is 0 Å².